The first-order chi connectivity index (χ1) is 9.08. The van der Waals surface area contributed by atoms with Crippen LogP contribution in [0.2, 0.25) is 0 Å². The van der Waals surface area contributed by atoms with Crippen LogP contribution in [0.25, 0.3) is 0 Å². The van der Waals surface area contributed by atoms with Crippen LogP contribution in [-0.4, -0.2) is 32.8 Å². The standard InChI is InChI=1S/C17H29NO/c1-11-8-12(2)16-13(3)15(11)10-19-17(16)14-6-5-7-18(4)9-14/h8,11,13-17H,5-7,9-10H2,1-4H3/p+1/t11-,13-,14?,15-,16-,17-/m1/s1. The molecule has 0 spiro atoms. The zero-order valence-electron chi connectivity index (χ0n) is 13.0. The van der Waals surface area contributed by atoms with E-state index in [-0.39, 0.29) is 0 Å². The Morgan fingerprint density at radius 1 is 1.32 bits per heavy atom. The Morgan fingerprint density at radius 2 is 2.11 bits per heavy atom. The van der Waals surface area contributed by atoms with Crippen LogP contribution in [0, 0.1) is 29.6 Å². The van der Waals surface area contributed by atoms with Crippen molar-refractivity contribution in [3.05, 3.63) is 11.6 Å². The second-order valence-corrected chi connectivity index (χ2v) is 7.43. The van der Waals surface area contributed by atoms with Crippen LogP contribution in [0.1, 0.15) is 33.6 Å². The van der Waals surface area contributed by atoms with E-state index < -0.39 is 0 Å². The first-order valence-electron chi connectivity index (χ1n) is 8.19. The Kier molecular flexibility index (Phi) is 3.74. The van der Waals surface area contributed by atoms with Gasteiger partial charge in [0.05, 0.1) is 32.8 Å². The van der Waals surface area contributed by atoms with E-state index in [2.05, 4.69) is 33.9 Å². The summed E-state index contributed by atoms with van der Waals surface area (Å²) in [7, 11) is 2.34. The van der Waals surface area contributed by atoms with Crippen molar-refractivity contribution in [2.24, 2.45) is 29.6 Å². The van der Waals surface area contributed by atoms with E-state index in [4.69, 9.17) is 4.74 Å². The second-order valence-electron chi connectivity index (χ2n) is 7.43. The zero-order valence-corrected chi connectivity index (χ0v) is 13.0. The van der Waals surface area contributed by atoms with Gasteiger partial charge >= 0.3 is 0 Å². The molecule has 108 valence electrons. The van der Waals surface area contributed by atoms with Gasteiger partial charge in [-0.2, -0.15) is 0 Å². The van der Waals surface area contributed by atoms with E-state index >= 15 is 0 Å². The second kappa shape index (κ2) is 5.21. The van der Waals surface area contributed by atoms with Gasteiger partial charge in [0.2, 0.25) is 0 Å². The Bertz CT molecular complexity index is 364. The number of quaternary nitrogens is 1. The van der Waals surface area contributed by atoms with Crippen molar-refractivity contribution < 1.29 is 9.64 Å². The van der Waals surface area contributed by atoms with Crippen molar-refractivity contribution in [1.29, 1.82) is 0 Å². The fraction of sp³-hybridized carbons (Fsp3) is 0.882. The molecule has 2 heteroatoms. The molecule has 1 aliphatic carbocycles. The number of piperidine rings is 1. The van der Waals surface area contributed by atoms with Crippen LogP contribution in [0.3, 0.4) is 0 Å². The largest absolute Gasteiger partial charge is 0.377 e. The number of allylic oxidation sites excluding steroid dienone is 1. The zero-order chi connectivity index (χ0) is 13.6. The minimum absolute atomic E-state index is 0.491. The number of nitrogens with one attached hydrogen (secondary N) is 1. The van der Waals surface area contributed by atoms with Crippen molar-refractivity contribution in [1.82, 2.24) is 0 Å². The van der Waals surface area contributed by atoms with E-state index in [1.54, 1.807) is 10.5 Å². The molecule has 0 aromatic carbocycles. The molecule has 19 heavy (non-hydrogen) atoms. The van der Waals surface area contributed by atoms with Gasteiger partial charge in [0, 0.05) is 11.8 Å². The normalized spacial score (nSPS) is 50.7. The highest BCUT2D eigenvalue weighted by atomic mass is 16.5. The van der Waals surface area contributed by atoms with E-state index in [0.29, 0.717) is 17.9 Å². The highest BCUT2D eigenvalue weighted by molar-refractivity contribution is 5.17. The maximum atomic E-state index is 6.39. The van der Waals surface area contributed by atoms with Gasteiger partial charge in [0.25, 0.3) is 0 Å². The number of fused-ring (bicyclic) bond motifs is 2. The molecular weight excluding hydrogens is 234 g/mol. The van der Waals surface area contributed by atoms with Gasteiger partial charge in [0.15, 0.2) is 0 Å². The summed E-state index contributed by atoms with van der Waals surface area (Å²) < 4.78 is 6.39. The van der Waals surface area contributed by atoms with Crippen LogP contribution < -0.4 is 4.90 Å². The molecular formula is C17H30NO+. The smallest absolute Gasteiger partial charge is 0.0822 e. The number of rotatable bonds is 1. The van der Waals surface area contributed by atoms with Crippen molar-refractivity contribution in [2.45, 2.75) is 39.7 Å². The fourth-order valence-electron chi connectivity index (χ4n) is 5.02. The summed E-state index contributed by atoms with van der Waals surface area (Å²) >= 11 is 0. The lowest BCUT2D eigenvalue weighted by Crippen LogP contribution is -3.11. The van der Waals surface area contributed by atoms with E-state index in [0.717, 1.165) is 24.4 Å². The highest BCUT2D eigenvalue weighted by Crippen LogP contribution is 2.46. The van der Waals surface area contributed by atoms with E-state index in [1.807, 2.05) is 0 Å². The van der Waals surface area contributed by atoms with Crippen LogP contribution in [-0.2, 0) is 4.74 Å². The molecule has 2 unspecified atom stereocenters. The molecule has 0 radical (unpaired) electrons. The summed E-state index contributed by atoms with van der Waals surface area (Å²) in [5.41, 5.74) is 1.60. The van der Waals surface area contributed by atoms with Crippen molar-refractivity contribution in [3.8, 4) is 0 Å². The van der Waals surface area contributed by atoms with Crippen molar-refractivity contribution in [3.63, 3.8) is 0 Å². The lowest BCUT2D eigenvalue weighted by molar-refractivity contribution is -0.889. The molecule has 2 heterocycles. The first-order valence-corrected chi connectivity index (χ1v) is 8.19. The minimum atomic E-state index is 0.491. The predicted molar refractivity (Wildman–Crippen MR) is 78.1 cm³/mol. The molecule has 2 nitrogen and oxygen atoms in total. The predicted octanol–water partition coefficient (Wildman–Crippen LogP) is 1.77. The molecule has 0 amide bonds. The number of hydrogen-bond acceptors (Lipinski definition) is 1. The van der Waals surface area contributed by atoms with Crippen LogP contribution in [0.15, 0.2) is 11.6 Å². The van der Waals surface area contributed by atoms with Gasteiger partial charge in [0.1, 0.15) is 0 Å². The Hall–Kier alpha value is -0.340. The van der Waals surface area contributed by atoms with Crippen LogP contribution in [0.4, 0.5) is 0 Å². The van der Waals surface area contributed by atoms with Gasteiger partial charge < -0.3 is 9.64 Å². The Labute approximate surface area is 118 Å². The molecule has 2 bridgehead atoms. The van der Waals surface area contributed by atoms with Crippen molar-refractivity contribution in [2.75, 3.05) is 26.7 Å². The average Bonchev–Trinajstić information content (AvgIpc) is 2.35. The lowest BCUT2D eigenvalue weighted by atomic mass is 9.63. The summed E-state index contributed by atoms with van der Waals surface area (Å²) in [6.07, 6.45) is 5.77. The molecule has 0 aromatic heterocycles. The van der Waals surface area contributed by atoms with Gasteiger partial charge in [-0.15, -0.1) is 0 Å². The summed E-state index contributed by atoms with van der Waals surface area (Å²) in [4.78, 5) is 1.69. The third-order valence-electron chi connectivity index (χ3n) is 6.06. The van der Waals surface area contributed by atoms with Gasteiger partial charge in [-0.25, -0.2) is 0 Å². The minimum Gasteiger partial charge on any atom is -0.377 e. The SMILES string of the molecule is CC1=C[C@@H](C)[C@H]2CO[C@H](C3CCC[NH+](C)C3)[C@H]1[C@@H]2C. The van der Waals surface area contributed by atoms with Crippen LogP contribution in [0.5, 0.6) is 0 Å². The van der Waals surface area contributed by atoms with Gasteiger partial charge in [-0.3, -0.25) is 0 Å². The van der Waals surface area contributed by atoms with E-state index in [9.17, 15) is 0 Å². The molecule has 7 atom stereocenters. The van der Waals surface area contributed by atoms with Crippen molar-refractivity contribution >= 4 is 0 Å². The molecule has 2 aliphatic heterocycles. The monoisotopic (exact) mass is 264 g/mol. The molecule has 2 fully saturated rings. The molecule has 2 saturated heterocycles. The maximum Gasteiger partial charge on any atom is 0.0822 e. The summed E-state index contributed by atoms with van der Waals surface area (Å²) in [6.45, 7) is 10.8. The quantitative estimate of drug-likeness (QED) is 0.713. The van der Waals surface area contributed by atoms with E-state index in [1.165, 1.54) is 25.9 Å². The summed E-state index contributed by atoms with van der Waals surface area (Å²) in [6, 6.07) is 0. The highest BCUT2D eigenvalue weighted by Gasteiger charge is 2.46. The fourth-order valence-corrected chi connectivity index (χ4v) is 5.02. The summed E-state index contributed by atoms with van der Waals surface area (Å²) in [5.74, 6) is 3.72. The number of hydrogen-bond donors (Lipinski definition) is 1. The maximum absolute atomic E-state index is 6.39. The summed E-state index contributed by atoms with van der Waals surface area (Å²) in [5, 5.41) is 0. The molecule has 0 saturated carbocycles. The lowest BCUT2D eigenvalue weighted by Gasteiger charge is -2.50. The topological polar surface area (TPSA) is 13.7 Å². The van der Waals surface area contributed by atoms with Gasteiger partial charge in [-0.05, 0) is 37.5 Å². The molecule has 1 N–H and O–H groups in total. The first kappa shape index (κ1) is 13.6. The Balaban J connectivity index is 1.81. The Morgan fingerprint density at radius 3 is 2.84 bits per heavy atom. The van der Waals surface area contributed by atoms with Gasteiger partial charge in [-0.1, -0.05) is 25.5 Å². The van der Waals surface area contributed by atoms with Crippen LogP contribution >= 0.6 is 0 Å². The molecule has 0 aromatic rings. The number of ether oxygens (including phenoxy) is 1. The number of likely N-dealkylation sites (tertiary alicyclic amines) is 1. The molecule has 3 aliphatic rings. The third kappa shape index (κ3) is 2.38. The third-order valence-corrected chi connectivity index (χ3v) is 6.06. The average molecular weight is 264 g/mol. The molecule has 3 rings (SSSR count).